The Hall–Kier alpha value is -3.88. The van der Waals surface area contributed by atoms with Crippen LogP contribution in [-0.4, -0.2) is 37.5 Å². The number of anilines is 1. The third-order valence-corrected chi connectivity index (χ3v) is 4.17. The van der Waals surface area contributed by atoms with Crippen molar-refractivity contribution in [3.8, 4) is 0 Å². The van der Waals surface area contributed by atoms with Gasteiger partial charge in [0.05, 0.1) is 42.5 Å². The van der Waals surface area contributed by atoms with Crippen molar-refractivity contribution >= 4 is 23.1 Å². The Bertz CT molecular complexity index is 1110. The van der Waals surface area contributed by atoms with Crippen LogP contribution in [0.25, 0.3) is 5.65 Å². The van der Waals surface area contributed by atoms with E-state index in [4.69, 9.17) is 4.42 Å². The molecular formula is C19H18N6O3. The number of fused-ring (bicyclic) bond motifs is 1. The van der Waals surface area contributed by atoms with Crippen LogP contribution in [0, 0.1) is 6.92 Å². The Morgan fingerprint density at radius 3 is 2.89 bits per heavy atom. The number of carbonyl (C=O) groups excluding carboxylic acids is 2. The molecule has 2 N–H and O–H groups in total. The van der Waals surface area contributed by atoms with Crippen molar-refractivity contribution in [1.82, 2.24) is 24.5 Å². The number of imidazole rings is 1. The smallest absolute Gasteiger partial charge is 0.255 e. The Morgan fingerprint density at radius 2 is 2.11 bits per heavy atom. The molecule has 0 spiro atoms. The van der Waals surface area contributed by atoms with Crippen molar-refractivity contribution in [2.75, 3.05) is 11.9 Å². The molecule has 0 aliphatic carbocycles. The van der Waals surface area contributed by atoms with Crippen LogP contribution in [0.15, 0.2) is 59.7 Å². The molecule has 0 bridgehead atoms. The lowest BCUT2D eigenvalue weighted by Crippen LogP contribution is -2.32. The van der Waals surface area contributed by atoms with E-state index in [2.05, 4.69) is 20.7 Å². The van der Waals surface area contributed by atoms with Crippen molar-refractivity contribution in [3.63, 3.8) is 0 Å². The number of carbonyl (C=O) groups is 2. The van der Waals surface area contributed by atoms with Crippen LogP contribution in [0.3, 0.4) is 0 Å². The third kappa shape index (κ3) is 3.78. The van der Waals surface area contributed by atoms with Gasteiger partial charge in [0.15, 0.2) is 0 Å². The summed E-state index contributed by atoms with van der Waals surface area (Å²) in [5.41, 5.74) is 2.67. The molecule has 9 heteroatoms. The summed E-state index contributed by atoms with van der Waals surface area (Å²) in [5.74, 6) is -0.197. The van der Waals surface area contributed by atoms with E-state index in [0.717, 1.165) is 11.3 Å². The maximum absolute atomic E-state index is 12.1. The standard InChI is InChI=1S/C19H18N6O3/c1-13-16(5-7-28-13)19(27)20-9-18(26)23-14-8-21-25(11-14)12-15-10-24-6-3-2-4-17(24)22-15/h2-8,10-11H,9,12H2,1H3,(H,20,27)(H,23,26). The highest BCUT2D eigenvalue weighted by atomic mass is 16.3. The van der Waals surface area contributed by atoms with Gasteiger partial charge in [0.2, 0.25) is 5.91 Å². The van der Waals surface area contributed by atoms with Crippen LogP contribution in [0.4, 0.5) is 5.69 Å². The Morgan fingerprint density at radius 1 is 1.21 bits per heavy atom. The highest BCUT2D eigenvalue weighted by Gasteiger charge is 2.13. The van der Waals surface area contributed by atoms with Gasteiger partial charge in [-0.05, 0) is 25.1 Å². The maximum atomic E-state index is 12.1. The zero-order valence-corrected chi connectivity index (χ0v) is 15.1. The second kappa shape index (κ2) is 7.39. The summed E-state index contributed by atoms with van der Waals surface area (Å²) in [6, 6.07) is 7.36. The SMILES string of the molecule is Cc1occc1C(=O)NCC(=O)Nc1cnn(Cc2cn3ccccc3n2)c1. The average molecular weight is 378 g/mol. The number of rotatable bonds is 6. The topological polar surface area (TPSA) is 106 Å². The lowest BCUT2D eigenvalue weighted by atomic mass is 10.2. The number of amides is 2. The molecule has 4 aromatic rings. The first kappa shape index (κ1) is 17.5. The predicted octanol–water partition coefficient (Wildman–Crippen LogP) is 1.85. The van der Waals surface area contributed by atoms with Gasteiger partial charge in [-0.1, -0.05) is 6.07 Å². The molecule has 0 unspecified atom stereocenters. The van der Waals surface area contributed by atoms with Gasteiger partial charge in [0, 0.05) is 18.6 Å². The van der Waals surface area contributed by atoms with Crippen molar-refractivity contribution in [2.45, 2.75) is 13.5 Å². The van der Waals surface area contributed by atoms with E-state index in [0.29, 0.717) is 23.6 Å². The number of hydrogen-bond acceptors (Lipinski definition) is 5. The number of pyridine rings is 1. The van der Waals surface area contributed by atoms with Gasteiger partial charge in [-0.3, -0.25) is 14.3 Å². The van der Waals surface area contributed by atoms with Crippen molar-refractivity contribution in [3.05, 3.63) is 72.3 Å². The number of nitrogens with one attached hydrogen (secondary N) is 2. The molecule has 142 valence electrons. The van der Waals surface area contributed by atoms with E-state index in [1.165, 1.54) is 6.26 Å². The second-order valence-corrected chi connectivity index (χ2v) is 6.25. The van der Waals surface area contributed by atoms with Crippen molar-refractivity contribution < 1.29 is 14.0 Å². The summed E-state index contributed by atoms with van der Waals surface area (Å²) in [4.78, 5) is 28.6. The van der Waals surface area contributed by atoms with Gasteiger partial charge < -0.3 is 19.5 Å². The minimum atomic E-state index is -0.357. The van der Waals surface area contributed by atoms with E-state index in [9.17, 15) is 9.59 Å². The Kier molecular flexibility index (Phi) is 4.63. The van der Waals surface area contributed by atoms with E-state index in [-0.39, 0.29) is 18.4 Å². The first-order valence-electron chi connectivity index (χ1n) is 8.66. The normalized spacial score (nSPS) is 10.9. The fourth-order valence-electron chi connectivity index (χ4n) is 2.83. The minimum Gasteiger partial charge on any atom is -0.469 e. The van der Waals surface area contributed by atoms with Crippen LogP contribution < -0.4 is 10.6 Å². The molecule has 0 atom stereocenters. The van der Waals surface area contributed by atoms with Crippen molar-refractivity contribution in [2.24, 2.45) is 0 Å². The summed E-state index contributed by atoms with van der Waals surface area (Å²) < 4.78 is 8.70. The molecule has 4 aromatic heterocycles. The van der Waals surface area contributed by atoms with Gasteiger partial charge in [0.1, 0.15) is 11.4 Å². The molecular weight excluding hydrogens is 360 g/mol. The molecule has 0 saturated heterocycles. The fourth-order valence-corrected chi connectivity index (χ4v) is 2.83. The zero-order valence-electron chi connectivity index (χ0n) is 15.1. The highest BCUT2D eigenvalue weighted by molar-refractivity contribution is 5.99. The lowest BCUT2D eigenvalue weighted by molar-refractivity contribution is -0.115. The zero-order chi connectivity index (χ0) is 19.5. The third-order valence-electron chi connectivity index (χ3n) is 4.17. The number of furan rings is 1. The monoisotopic (exact) mass is 378 g/mol. The van der Waals surface area contributed by atoms with Crippen LogP contribution in [-0.2, 0) is 11.3 Å². The molecule has 0 aliphatic rings. The molecule has 9 nitrogen and oxygen atoms in total. The molecule has 0 saturated carbocycles. The van der Waals surface area contributed by atoms with Crippen LogP contribution >= 0.6 is 0 Å². The van der Waals surface area contributed by atoms with E-state index in [1.54, 1.807) is 30.1 Å². The summed E-state index contributed by atoms with van der Waals surface area (Å²) in [7, 11) is 0. The van der Waals surface area contributed by atoms with Gasteiger partial charge in [-0.15, -0.1) is 0 Å². The number of nitrogens with zero attached hydrogens (tertiary/aromatic N) is 4. The fraction of sp³-hybridized carbons (Fsp3) is 0.158. The molecule has 2 amide bonds. The molecule has 0 aromatic carbocycles. The van der Waals surface area contributed by atoms with Gasteiger partial charge >= 0.3 is 0 Å². The molecule has 4 heterocycles. The predicted molar refractivity (Wildman–Crippen MR) is 101 cm³/mol. The summed E-state index contributed by atoms with van der Waals surface area (Å²) >= 11 is 0. The quantitative estimate of drug-likeness (QED) is 0.533. The number of aromatic nitrogens is 4. The molecule has 0 aliphatic heterocycles. The Balaban J connectivity index is 1.32. The van der Waals surface area contributed by atoms with Gasteiger partial charge in [-0.2, -0.15) is 5.10 Å². The molecule has 28 heavy (non-hydrogen) atoms. The van der Waals surface area contributed by atoms with Gasteiger partial charge in [-0.25, -0.2) is 4.98 Å². The summed E-state index contributed by atoms with van der Waals surface area (Å²) in [5, 5.41) is 9.50. The van der Waals surface area contributed by atoms with Crippen LogP contribution in [0.5, 0.6) is 0 Å². The lowest BCUT2D eigenvalue weighted by Gasteiger charge is -2.04. The average Bonchev–Trinajstić information content (AvgIpc) is 3.39. The van der Waals surface area contributed by atoms with Gasteiger partial charge in [0.25, 0.3) is 5.91 Å². The molecule has 0 radical (unpaired) electrons. The number of aryl methyl sites for hydroxylation is 1. The highest BCUT2D eigenvalue weighted by Crippen LogP contribution is 2.10. The van der Waals surface area contributed by atoms with E-state index in [1.807, 2.05) is 35.0 Å². The van der Waals surface area contributed by atoms with E-state index < -0.39 is 0 Å². The number of hydrogen-bond donors (Lipinski definition) is 2. The molecule has 0 fully saturated rings. The van der Waals surface area contributed by atoms with Crippen LogP contribution in [0.1, 0.15) is 21.8 Å². The minimum absolute atomic E-state index is 0.152. The largest absolute Gasteiger partial charge is 0.469 e. The first-order chi connectivity index (χ1) is 13.6. The Labute approximate surface area is 160 Å². The first-order valence-corrected chi connectivity index (χ1v) is 8.66. The van der Waals surface area contributed by atoms with Crippen LogP contribution in [0.2, 0.25) is 0 Å². The summed E-state index contributed by atoms with van der Waals surface area (Å²) in [6.07, 6.45) is 8.56. The second-order valence-electron chi connectivity index (χ2n) is 6.25. The molecule has 4 rings (SSSR count). The maximum Gasteiger partial charge on any atom is 0.255 e. The van der Waals surface area contributed by atoms with Crippen molar-refractivity contribution in [1.29, 1.82) is 0 Å². The van der Waals surface area contributed by atoms with E-state index >= 15 is 0 Å². The summed E-state index contributed by atoms with van der Waals surface area (Å²) in [6.45, 7) is 2.02.